The van der Waals surface area contributed by atoms with Crippen molar-refractivity contribution in [3.63, 3.8) is 0 Å². The number of rotatable bonds is 3. The van der Waals surface area contributed by atoms with E-state index in [-0.39, 0.29) is 11.2 Å². The maximum absolute atomic E-state index is 13.2. The predicted octanol–water partition coefficient (Wildman–Crippen LogP) is 5.11. The van der Waals surface area contributed by atoms with Crippen molar-refractivity contribution in [2.75, 3.05) is 0 Å². The minimum atomic E-state index is -0.657. The lowest BCUT2D eigenvalue weighted by Crippen LogP contribution is -2.08. The molecule has 0 saturated carbocycles. The minimum absolute atomic E-state index is 0.0686. The SMILES string of the molecule is CC(C)(C)c1ccc(C(O)Cc2cc(F)ccc2Cl)s1. The highest BCUT2D eigenvalue weighted by Gasteiger charge is 2.19. The Labute approximate surface area is 128 Å². The van der Waals surface area contributed by atoms with Crippen LogP contribution < -0.4 is 0 Å². The average Bonchev–Trinajstić information content (AvgIpc) is 2.83. The third kappa shape index (κ3) is 3.60. The van der Waals surface area contributed by atoms with Crippen LogP contribution in [0.2, 0.25) is 5.02 Å². The van der Waals surface area contributed by atoms with Crippen LogP contribution in [0.4, 0.5) is 4.39 Å². The quantitative estimate of drug-likeness (QED) is 0.834. The fourth-order valence-corrected chi connectivity index (χ4v) is 3.19. The standard InChI is InChI=1S/C16H18ClFOS/c1-16(2,3)15-7-6-14(20-15)13(19)9-10-8-11(18)4-5-12(10)17/h4-8,13,19H,9H2,1-3H3. The second-order valence-corrected chi connectivity index (χ2v) is 7.43. The summed E-state index contributed by atoms with van der Waals surface area (Å²) in [7, 11) is 0. The molecule has 0 amide bonds. The van der Waals surface area contributed by atoms with Crippen LogP contribution in [-0.4, -0.2) is 5.11 Å². The van der Waals surface area contributed by atoms with Crippen molar-refractivity contribution in [2.24, 2.45) is 0 Å². The maximum Gasteiger partial charge on any atom is 0.123 e. The van der Waals surface area contributed by atoms with Crippen LogP contribution >= 0.6 is 22.9 Å². The van der Waals surface area contributed by atoms with Crippen molar-refractivity contribution in [3.05, 3.63) is 56.5 Å². The van der Waals surface area contributed by atoms with Crippen molar-refractivity contribution in [1.29, 1.82) is 0 Å². The van der Waals surface area contributed by atoms with Crippen LogP contribution in [0.5, 0.6) is 0 Å². The number of halogens is 2. The predicted molar refractivity (Wildman–Crippen MR) is 83.1 cm³/mol. The van der Waals surface area contributed by atoms with Gasteiger partial charge in [-0.25, -0.2) is 4.39 Å². The molecular formula is C16H18ClFOS. The second-order valence-electron chi connectivity index (χ2n) is 5.91. The number of benzene rings is 1. The summed E-state index contributed by atoms with van der Waals surface area (Å²) < 4.78 is 13.2. The molecule has 0 aliphatic carbocycles. The Morgan fingerprint density at radius 2 is 1.95 bits per heavy atom. The largest absolute Gasteiger partial charge is 0.387 e. The van der Waals surface area contributed by atoms with Gasteiger partial charge in [0, 0.05) is 21.2 Å². The van der Waals surface area contributed by atoms with E-state index in [4.69, 9.17) is 11.6 Å². The van der Waals surface area contributed by atoms with E-state index < -0.39 is 6.10 Å². The molecule has 0 fully saturated rings. The number of hydrogen-bond donors (Lipinski definition) is 1. The van der Waals surface area contributed by atoms with E-state index in [9.17, 15) is 9.50 Å². The molecule has 1 unspecified atom stereocenters. The van der Waals surface area contributed by atoms with Crippen molar-refractivity contribution in [1.82, 2.24) is 0 Å². The topological polar surface area (TPSA) is 20.2 Å². The average molecular weight is 313 g/mol. The monoisotopic (exact) mass is 312 g/mol. The molecule has 1 nitrogen and oxygen atoms in total. The van der Waals surface area contributed by atoms with Gasteiger partial charge in [-0.2, -0.15) is 0 Å². The smallest absolute Gasteiger partial charge is 0.123 e. The lowest BCUT2D eigenvalue weighted by molar-refractivity contribution is 0.182. The van der Waals surface area contributed by atoms with Crippen molar-refractivity contribution >= 4 is 22.9 Å². The van der Waals surface area contributed by atoms with Crippen molar-refractivity contribution in [3.8, 4) is 0 Å². The van der Waals surface area contributed by atoms with Crippen LogP contribution in [0.3, 0.4) is 0 Å². The molecule has 108 valence electrons. The Morgan fingerprint density at radius 1 is 1.25 bits per heavy atom. The summed E-state index contributed by atoms with van der Waals surface area (Å²) in [4.78, 5) is 2.10. The Hall–Kier alpha value is -0.900. The second kappa shape index (κ2) is 5.84. The molecule has 4 heteroatoms. The molecule has 0 aliphatic heterocycles. The van der Waals surface area contributed by atoms with Gasteiger partial charge in [0.1, 0.15) is 5.82 Å². The van der Waals surface area contributed by atoms with E-state index in [2.05, 4.69) is 20.8 Å². The van der Waals surface area contributed by atoms with Gasteiger partial charge in [0.25, 0.3) is 0 Å². The third-order valence-corrected chi connectivity index (χ3v) is 5.10. The van der Waals surface area contributed by atoms with Gasteiger partial charge in [0.15, 0.2) is 0 Å². The summed E-state index contributed by atoms with van der Waals surface area (Å²) in [6, 6.07) is 8.19. The molecule has 1 atom stereocenters. The van der Waals surface area contributed by atoms with Gasteiger partial charge in [0.05, 0.1) is 6.10 Å². The van der Waals surface area contributed by atoms with Crippen LogP contribution in [0.15, 0.2) is 30.3 Å². The number of thiophene rings is 1. The van der Waals surface area contributed by atoms with Gasteiger partial charge >= 0.3 is 0 Å². The van der Waals surface area contributed by atoms with Crippen LogP contribution in [-0.2, 0) is 11.8 Å². The van der Waals surface area contributed by atoms with Gasteiger partial charge < -0.3 is 5.11 Å². The molecule has 20 heavy (non-hydrogen) atoms. The normalized spacial score (nSPS) is 13.5. The van der Waals surface area contributed by atoms with Crippen LogP contribution in [0.1, 0.15) is 42.2 Å². The zero-order valence-corrected chi connectivity index (χ0v) is 13.4. The van der Waals surface area contributed by atoms with E-state index in [1.165, 1.54) is 23.1 Å². The Morgan fingerprint density at radius 3 is 2.55 bits per heavy atom. The number of hydrogen-bond acceptors (Lipinski definition) is 2. The third-order valence-electron chi connectivity index (χ3n) is 3.12. The molecule has 1 N–H and O–H groups in total. The lowest BCUT2D eigenvalue weighted by Gasteiger charge is -2.16. The van der Waals surface area contributed by atoms with Crippen molar-refractivity contribution in [2.45, 2.75) is 38.7 Å². The van der Waals surface area contributed by atoms with Crippen LogP contribution in [0, 0.1) is 5.82 Å². The van der Waals surface area contributed by atoms with E-state index in [1.54, 1.807) is 11.3 Å². The molecular weight excluding hydrogens is 295 g/mol. The number of aliphatic hydroxyl groups excluding tert-OH is 1. The Balaban J connectivity index is 2.18. The summed E-state index contributed by atoms with van der Waals surface area (Å²) >= 11 is 7.62. The number of aliphatic hydroxyl groups is 1. The lowest BCUT2D eigenvalue weighted by atomic mass is 9.95. The first-order valence-corrected chi connectivity index (χ1v) is 7.69. The summed E-state index contributed by atoms with van der Waals surface area (Å²) in [5.74, 6) is -0.335. The van der Waals surface area contributed by atoms with E-state index in [0.717, 1.165) is 4.88 Å². The molecule has 0 radical (unpaired) electrons. The molecule has 1 aromatic carbocycles. The zero-order chi connectivity index (χ0) is 14.9. The zero-order valence-electron chi connectivity index (χ0n) is 11.8. The summed E-state index contributed by atoms with van der Waals surface area (Å²) in [6.45, 7) is 6.41. The Bertz CT molecular complexity index is 601. The molecule has 2 rings (SSSR count). The first kappa shape index (κ1) is 15.5. The molecule has 2 aromatic rings. The fourth-order valence-electron chi connectivity index (χ4n) is 1.94. The highest BCUT2D eigenvalue weighted by molar-refractivity contribution is 7.12. The van der Waals surface area contributed by atoms with E-state index in [0.29, 0.717) is 17.0 Å². The molecule has 0 saturated heterocycles. The summed E-state index contributed by atoms with van der Waals surface area (Å²) in [6.07, 6.45) is -0.337. The molecule has 0 aliphatic rings. The molecule has 0 spiro atoms. The molecule has 0 bridgehead atoms. The highest BCUT2D eigenvalue weighted by atomic mass is 35.5. The van der Waals surface area contributed by atoms with Crippen molar-refractivity contribution < 1.29 is 9.50 Å². The Kier molecular flexibility index (Phi) is 4.52. The molecule has 1 heterocycles. The van der Waals surface area contributed by atoms with Crippen LogP contribution in [0.25, 0.3) is 0 Å². The van der Waals surface area contributed by atoms with E-state index >= 15 is 0 Å². The van der Waals surface area contributed by atoms with E-state index in [1.807, 2.05) is 12.1 Å². The van der Waals surface area contributed by atoms with Gasteiger partial charge in [-0.1, -0.05) is 32.4 Å². The fraction of sp³-hybridized carbons (Fsp3) is 0.375. The first-order valence-electron chi connectivity index (χ1n) is 6.49. The van der Waals surface area contributed by atoms with Gasteiger partial charge in [-0.15, -0.1) is 11.3 Å². The molecule has 1 aromatic heterocycles. The first-order chi connectivity index (χ1) is 9.27. The highest BCUT2D eigenvalue weighted by Crippen LogP contribution is 2.34. The van der Waals surface area contributed by atoms with Gasteiger partial charge in [-0.3, -0.25) is 0 Å². The summed E-state index contributed by atoms with van der Waals surface area (Å²) in [5, 5.41) is 10.8. The maximum atomic E-state index is 13.2. The minimum Gasteiger partial charge on any atom is -0.387 e. The summed E-state index contributed by atoms with van der Waals surface area (Å²) in [5.41, 5.74) is 0.698. The van der Waals surface area contributed by atoms with Gasteiger partial charge in [-0.05, 0) is 41.3 Å². The van der Waals surface area contributed by atoms with Gasteiger partial charge in [0.2, 0.25) is 0 Å².